The van der Waals surface area contributed by atoms with Gasteiger partial charge in [-0.1, -0.05) is 50.1 Å². The molecule has 0 amide bonds. The summed E-state index contributed by atoms with van der Waals surface area (Å²) in [5.41, 5.74) is 7.61. The average molecular weight is 283 g/mol. The number of aromatic amines is 1. The van der Waals surface area contributed by atoms with Crippen LogP contribution in [0.3, 0.4) is 0 Å². The van der Waals surface area contributed by atoms with Gasteiger partial charge in [-0.15, -0.1) is 0 Å². The van der Waals surface area contributed by atoms with Crippen molar-refractivity contribution in [2.24, 2.45) is 0 Å². The van der Waals surface area contributed by atoms with E-state index < -0.39 is 0 Å². The second kappa shape index (κ2) is 5.35. The summed E-state index contributed by atoms with van der Waals surface area (Å²) >= 11 is 0. The minimum Gasteiger partial charge on any atom is -0.383 e. The maximum Gasteiger partial charge on any atom is 0.256 e. The number of nitrogens with two attached hydrogens (primary N) is 1. The van der Waals surface area contributed by atoms with Crippen molar-refractivity contribution in [3.8, 4) is 0 Å². The van der Waals surface area contributed by atoms with Gasteiger partial charge in [-0.25, -0.2) is 4.98 Å². The zero-order valence-electron chi connectivity index (χ0n) is 12.4. The lowest BCUT2D eigenvalue weighted by atomic mass is 9.64. The quantitative estimate of drug-likeness (QED) is 0.906. The topological polar surface area (TPSA) is 71.8 Å². The Morgan fingerprint density at radius 1 is 1.29 bits per heavy atom. The predicted octanol–water partition coefficient (Wildman–Crippen LogP) is 2.77. The molecule has 1 aliphatic carbocycles. The molecule has 2 aromatic rings. The Kier molecular flexibility index (Phi) is 3.53. The molecule has 0 spiro atoms. The van der Waals surface area contributed by atoms with E-state index in [9.17, 15) is 4.79 Å². The van der Waals surface area contributed by atoms with Gasteiger partial charge in [-0.3, -0.25) is 4.79 Å². The fraction of sp³-hybridized carbons (Fsp3) is 0.412. The predicted molar refractivity (Wildman–Crippen MR) is 84.3 cm³/mol. The van der Waals surface area contributed by atoms with E-state index in [1.807, 2.05) is 25.1 Å². The maximum atomic E-state index is 12.3. The van der Waals surface area contributed by atoms with Crippen LogP contribution in [0.2, 0.25) is 0 Å². The smallest absolute Gasteiger partial charge is 0.256 e. The van der Waals surface area contributed by atoms with Gasteiger partial charge < -0.3 is 10.7 Å². The maximum absolute atomic E-state index is 12.3. The van der Waals surface area contributed by atoms with Crippen molar-refractivity contribution in [3.63, 3.8) is 0 Å². The number of H-pyrrole nitrogens is 1. The van der Waals surface area contributed by atoms with Crippen molar-refractivity contribution in [2.45, 2.75) is 44.4 Å². The van der Waals surface area contributed by atoms with Crippen LogP contribution in [0.5, 0.6) is 0 Å². The fourth-order valence-corrected chi connectivity index (χ4v) is 3.18. The van der Waals surface area contributed by atoms with Crippen LogP contribution in [0.4, 0.5) is 5.82 Å². The van der Waals surface area contributed by atoms with Gasteiger partial charge in [-0.2, -0.15) is 0 Å². The van der Waals surface area contributed by atoms with Gasteiger partial charge >= 0.3 is 0 Å². The summed E-state index contributed by atoms with van der Waals surface area (Å²) in [5, 5.41) is 0. The summed E-state index contributed by atoms with van der Waals surface area (Å²) in [5.74, 6) is 1.11. The first-order valence-corrected chi connectivity index (χ1v) is 7.62. The van der Waals surface area contributed by atoms with E-state index in [0.717, 1.165) is 31.5 Å². The molecule has 0 radical (unpaired) electrons. The van der Waals surface area contributed by atoms with Gasteiger partial charge in [0.1, 0.15) is 11.6 Å². The Morgan fingerprint density at radius 3 is 2.52 bits per heavy atom. The number of nitrogens with zero attached hydrogens (tertiary/aromatic N) is 1. The minimum atomic E-state index is -0.167. The summed E-state index contributed by atoms with van der Waals surface area (Å²) in [6.45, 7) is 2.03. The number of nitrogens with one attached hydrogen (secondary N) is 1. The third-order valence-electron chi connectivity index (χ3n) is 4.53. The summed E-state index contributed by atoms with van der Waals surface area (Å²) in [6, 6.07) is 10.3. The Labute approximate surface area is 124 Å². The second-order valence-corrected chi connectivity index (χ2v) is 5.83. The van der Waals surface area contributed by atoms with Crippen LogP contribution in [0.15, 0.2) is 35.1 Å². The van der Waals surface area contributed by atoms with E-state index in [0.29, 0.717) is 17.8 Å². The Morgan fingerprint density at radius 2 is 2.00 bits per heavy atom. The van der Waals surface area contributed by atoms with Gasteiger partial charge in [0.25, 0.3) is 5.56 Å². The number of hydrogen-bond donors (Lipinski definition) is 2. The first kappa shape index (κ1) is 13.9. The molecule has 3 N–H and O–H groups in total. The summed E-state index contributed by atoms with van der Waals surface area (Å²) < 4.78 is 0. The molecule has 0 bridgehead atoms. The van der Waals surface area contributed by atoms with E-state index in [-0.39, 0.29) is 11.0 Å². The highest BCUT2D eigenvalue weighted by Crippen LogP contribution is 2.47. The van der Waals surface area contributed by atoms with Gasteiger partial charge in [0.2, 0.25) is 0 Å². The lowest BCUT2D eigenvalue weighted by molar-refractivity contribution is 0.284. The summed E-state index contributed by atoms with van der Waals surface area (Å²) in [7, 11) is 0. The van der Waals surface area contributed by atoms with Crippen LogP contribution in [0, 0.1) is 0 Å². The Bertz CT molecular complexity index is 687. The molecule has 1 aromatic carbocycles. The third-order valence-corrected chi connectivity index (χ3v) is 4.53. The van der Waals surface area contributed by atoms with Crippen LogP contribution >= 0.6 is 0 Å². The third kappa shape index (κ3) is 2.24. The minimum absolute atomic E-state index is 0.0819. The van der Waals surface area contributed by atoms with Crippen molar-refractivity contribution in [3.05, 3.63) is 57.6 Å². The van der Waals surface area contributed by atoms with E-state index in [1.54, 1.807) is 0 Å². The van der Waals surface area contributed by atoms with Gasteiger partial charge in [0.15, 0.2) is 0 Å². The lowest BCUT2D eigenvalue weighted by Crippen LogP contribution is -2.39. The summed E-state index contributed by atoms with van der Waals surface area (Å²) in [4.78, 5) is 19.8. The highest BCUT2D eigenvalue weighted by molar-refractivity contribution is 5.42. The molecule has 1 heterocycles. The van der Waals surface area contributed by atoms with E-state index in [1.165, 1.54) is 5.56 Å². The first-order chi connectivity index (χ1) is 10.2. The van der Waals surface area contributed by atoms with Crippen LogP contribution < -0.4 is 11.3 Å². The monoisotopic (exact) mass is 283 g/mol. The fourth-order valence-electron chi connectivity index (χ4n) is 3.18. The number of benzene rings is 1. The number of nitrogen functional groups attached to an aromatic ring is 1. The van der Waals surface area contributed by atoms with Crippen molar-refractivity contribution in [1.82, 2.24) is 9.97 Å². The highest BCUT2D eigenvalue weighted by Gasteiger charge is 2.42. The molecule has 1 fully saturated rings. The van der Waals surface area contributed by atoms with Crippen molar-refractivity contribution in [1.29, 1.82) is 0 Å². The molecule has 0 saturated heterocycles. The van der Waals surface area contributed by atoms with E-state index in [2.05, 4.69) is 22.1 Å². The van der Waals surface area contributed by atoms with Gasteiger partial charge in [-0.05, 0) is 24.8 Å². The SMILES string of the molecule is CCCc1c(N)nc(C2(c3ccccc3)CCC2)[nH]c1=O. The van der Waals surface area contributed by atoms with Crippen LogP contribution in [0.25, 0.3) is 0 Å². The number of rotatable bonds is 4. The van der Waals surface area contributed by atoms with Crippen LogP contribution in [-0.4, -0.2) is 9.97 Å². The van der Waals surface area contributed by atoms with Gasteiger partial charge in [0, 0.05) is 0 Å². The van der Waals surface area contributed by atoms with Crippen molar-refractivity contribution >= 4 is 5.82 Å². The highest BCUT2D eigenvalue weighted by atomic mass is 16.1. The molecule has 0 unspecified atom stereocenters. The molecule has 1 aromatic heterocycles. The number of anilines is 1. The Balaban J connectivity index is 2.09. The molecule has 1 aliphatic rings. The second-order valence-electron chi connectivity index (χ2n) is 5.83. The molecule has 110 valence electrons. The molecule has 3 rings (SSSR count). The first-order valence-electron chi connectivity index (χ1n) is 7.62. The molecule has 1 saturated carbocycles. The van der Waals surface area contributed by atoms with E-state index >= 15 is 0 Å². The Hall–Kier alpha value is -2.10. The number of aromatic nitrogens is 2. The lowest BCUT2D eigenvalue weighted by Gasteiger charge is -2.41. The van der Waals surface area contributed by atoms with Crippen molar-refractivity contribution < 1.29 is 0 Å². The van der Waals surface area contributed by atoms with Crippen LogP contribution in [-0.2, 0) is 11.8 Å². The molecular weight excluding hydrogens is 262 g/mol. The zero-order valence-corrected chi connectivity index (χ0v) is 12.4. The molecule has 4 nitrogen and oxygen atoms in total. The normalized spacial score (nSPS) is 16.4. The number of hydrogen-bond acceptors (Lipinski definition) is 3. The molecule has 21 heavy (non-hydrogen) atoms. The molecule has 0 atom stereocenters. The molecular formula is C17H21N3O. The standard InChI is InChI=1S/C17H21N3O/c1-2-7-13-14(18)19-16(20-15(13)21)17(10-6-11-17)12-8-4-3-5-9-12/h3-5,8-9H,2,6-7,10-11H2,1H3,(H3,18,19,20,21). The summed E-state index contributed by atoms with van der Waals surface area (Å²) in [6.07, 6.45) is 4.72. The molecule has 4 heteroatoms. The average Bonchev–Trinajstić information content (AvgIpc) is 2.43. The van der Waals surface area contributed by atoms with Crippen molar-refractivity contribution in [2.75, 3.05) is 5.73 Å². The van der Waals surface area contributed by atoms with Crippen LogP contribution in [0.1, 0.15) is 49.6 Å². The zero-order chi connectivity index (χ0) is 14.9. The van der Waals surface area contributed by atoms with E-state index in [4.69, 9.17) is 5.73 Å². The largest absolute Gasteiger partial charge is 0.383 e. The molecule has 0 aliphatic heterocycles. The van der Waals surface area contributed by atoms with Gasteiger partial charge in [0.05, 0.1) is 11.0 Å².